The van der Waals surface area contributed by atoms with Crippen LogP contribution < -0.4 is 16.4 Å². The van der Waals surface area contributed by atoms with E-state index in [-0.39, 0.29) is 5.91 Å². The van der Waals surface area contributed by atoms with Crippen molar-refractivity contribution in [3.8, 4) is 0 Å². The van der Waals surface area contributed by atoms with Gasteiger partial charge in [-0.2, -0.15) is 0 Å². The Morgan fingerprint density at radius 3 is 2.61 bits per heavy atom. The second kappa shape index (κ2) is 6.61. The third kappa shape index (κ3) is 4.94. The second-order valence-corrected chi connectivity index (χ2v) is 5.39. The SMILES string of the molecule is NC(=NCCNC(=O)CC1CCCC1)NC1CC1. The third-order valence-electron chi connectivity index (χ3n) is 3.59. The van der Waals surface area contributed by atoms with Crippen molar-refractivity contribution in [3.63, 3.8) is 0 Å². The number of rotatable bonds is 6. The molecule has 2 saturated carbocycles. The van der Waals surface area contributed by atoms with Crippen LogP contribution >= 0.6 is 0 Å². The molecule has 0 spiro atoms. The van der Waals surface area contributed by atoms with Gasteiger partial charge in [0.1, 0.15) is 0 Å². The van der Waals surface area contributed by atoms with Crippen molar-refractivity contribution in [1.82, 2.24) is 10.6 Å². The summed E-state index contributed by atoms with van der Waals surface area (Å²) < 4.78 is 0. The van der Waals surface area contributed by atoms with E-state index in [1.165, 1.54) is 38.5 Å². The molecule has 2 aliphatic carbocycles. The standard InChI is InChI=1S/C13H24N4O/c14-13(17-11-5-6-11)16-8-7-15-12(18)9-10-3-1-2-4-10/h10-11H,1-9H2,(H,15,18)(H3,14,16,17). The lowest BCUT2D eigenvalue weighted by molar-refractivity contribution is -0.121. The van der Waals surface area contributed by atoms with E-state index in [0.717, 1.165) is 0 Å². The highest BCUT2D eigenvalue weighted by atomic mass is 16.1. The lowest BCUT2D eigenvalue weighted by Gasteiger charge is -2.09. The molecule has 0 aromatic heterocycles. The third-order valence-corrected chi connectivity index (χ3v) is 3.59. The molecule has 18 heavy (non-hydrogen) atoms. The number of carbonyl (C=O) groups is 1. The summed E-state index contributed by atoms with van der Waals surface area (Å²) in [4.78, 5) is 15.8. The Morgan fingerprint density at radius 1 is 1.22 bits per heavy atom. The van der Waals surface area contributed by atoms with Gasteiger partial charge < -0.3 is 16.4 Å². The van der Waals surface area contributed by atoms with Gasteiger partial charge in [-0.1, -0.05) is 12.8 Å². The molecule has 1 amide bonds. The summed E-state index contributed by atoms with van der Waals surface area (Å²) in [6.45, 7) is 1.14. The molecule has 0 bridgehead atoms. The molecule has 0 saturated heterocycles. The average molecular weight is 252 g/mol. The summed E-state index contributed by atoms with van der Waals surface area (Å²) in [5.41, 5.74) is 5.69. The first-order valence-corrected chi connectivity index (χ1v) is 7.07. The number of amides is 1. The summed E-state index contributed by atoms with van der Waals surface area (Å²) in [5, 5.41) is 6.02. The van der Waals surface area contributed by atoms with Gasteiger partial charge in [-0.3, -0.25) is 9.79 Å². The van der Waals surface area contributed by atoms with Crippen LogP contribution in [0.4, 0.5) is 0 Å². The van der Waals surface area contributed by atoms with Crippen LogP contribution in [0.1, 0.15) is 44.9 Å². The number of hydrogen-bond donors (Lipinski definition) is 3. The van der Waals surface area contributed by atoms with Gasteiger partial charge in [0.05, 0.1) is 6.54 Å². The molecule has 4 N–H and O–H groups in total. The normalized spacial score (nSPS) is 21.0. The van der Waals surface area contributed by atoms with Crippen LogP contribution in [-0.2, 0) is 4.79 Å². The first-order valence-electron chi connectivity index (χ1n) is 7.07. The van der Waals surface area contributed by atoms with Gasteiger partial charge in [-0.05, 0) is 31.6 Å². The molecule has 0 aromatic rings. The number of aliphatic imine (C=N–C) groups is 1. The van der Waals surface area contributed by atoms with Crippen LogP contribution in [-0.4, -0.2) is 31.0 Å². The van der Waals surface area contributed by atoms with Crippen LogP contribution in [0.25, 0.3) is 0 Å². The van der Waals surface area contributed by atoms with E-state index in [2.05, 4.69) is 15.6 Å². The fourth-order valence-electron chi connectivity index (χ4n) is 2.40. The van der Waals surface area contributed by atoms with E-state index in [1.807, 2.05) is 0 Å². The Labute approximate surface area is 109 Å². The van der Waals surface area contributed by atoms with Crippen molar-refractivity contribution >= 4 is 11.9 Å². The van der Waals surface area contributed by atoms with Gasteiger partial charge in [0.15, 0.2) is 5.96 Å². The molecule has 0 atom stereocenters. The van der Waals surface area contributed by atoms with E-state index in [4.69, 9.17) is 5.73 Å². The Balaban J connectivity index is 1.52. The van der Waals surface area contributed by atoms with Gasteiger partial charge in [0, 0.05) is 19.0 Å². The maximum absolute atomic E-state index is 11.6. The molecule has 0 heterocycles. The van der Waals surface area contributed by atoms with Gasteiger partial charge in [0.25, 0.3) is 0 Å². The summed E-state index contributed by atoms with van der Waals surface area (Å²) in [5.74, 6) is 1.27. The molecule has 0 aliphatic heterocycles. The van der Waals surface area contributed by atoms with E-state index in [1.54, 1.807) is 0 Å². The maximum atomic E-state index is 11.6. The van der Waals surface area contributed by atoms with Gasteiger partial charge in [0.2, 0.25) is 5.91 Å². The van der Waals surface area contributed by atoms with Crippen molar-refractivity contribution < 1.29 is 4.79 Å². The van der Waals surface area contributed by atoms with Gasteiger partial charge in [-0.15, -0.1) is 0 Å². The number of hydrogen-bond acceptors (Lipinski definition) is 2. The van der Waals surface area contributed by atoms with E-state index >= 15 is 0 Å². The van der Waals surface area contributed by atoms with E-state index in [0.29, 0.717) is 37.4 Å². The van der Waals surface area contributed by atoms with Crippen LogP contribution in [0.15, 0.2) is 4.99 Å². The number of guanidine groups is 1. The molecule has 0 radical (unpaired) electrons. The first-order chi connectivity index (χ1) is 8.74. The summed E-state index contributed by atoms with van der Waals surface area (Å²) in [6.07, 6.45) is 8.05. The second-order valence-electron chi connectivity index (χ2n) is 5.39. The van der Waals surface area contributed by atoms with Crippen LogP contribution in [0.2, 0.25) is 0 Å². The highest BCUT2D eigenvalue weighted by Crippen LogP contribution is 2.27. The fourth-order valence-corrected chi connectivity index (χ4v) is 2.40. The molecule has 2 rings (SSSR count). The molecule has 5 heteroatoms. The molecule has 102 valence electrons. The lowest BCUT2D eigenvalue weighted by atomic mass is 10.0. The van der Waals surface area contributed by atoms with Crippen LogP contribution in [0.3, 0.4) is 0 Å². The number of nitrogens with two attached hydrogens (primary N) is 1. The van der Waals surface area contributed by atoms with Crippen molar-refractivity contribution in [2.45, 2.75) is 51.0 Å². The zero-order chi connectivity index (χ0) is 12.8. The van der Waals surface area contributed by atoms with Crippen molar-refractivity contribution in [3.05, 3.63) is 0 Å². The molecular weight excluding hydrogens is 228 g/mol. The summed E-state index contributed by atoms with van der Waals surface area (Å²) in [6, 6.07) is 0.533. The maximum Gasteiger partial charge on any atom is 0.220 e. The predicted octanol–water partition coefficient (Wildman–Crippen LogP) is 0.750. The molecule has 5 nitrogen and oxygen atoms in total. The average Bonchev–Trinajstić information content (AvgIpc) is 2.99. The molecule has 0 aromatic carbocycles. The topological polar surface area (TPSA) is 79.5 Å². The van der Waals surface area contributed by atoms with E-state index < -0.39 is 0 Å². The monoisotopic (exact) mass is 252 g/mol. The highest BCUT2D eigenvalue weighted by Gasteiger charge is 2.21. The molecule has 2 aliphatic rings. The molecule has 0 unspecified atom stereocenters. The fraction of sp³-hybridized carbons (Fsp3) is 0.846. The number of nitrogens with zero attached hydrogens (tertiary/aromatic N) is 1. The van der Waals surface area contributed by atoms with Crippen molar-refractivity contribution in [2.24, 2.45) is 16.6 Å². The Bertz CT molecular complexity index is 306. The number of carbonyl (C=O) groups excluding carboxylic acids is 1. The Morgan fingerprint density at radius 2 is 1.94 bits per heavy atom. The minimum atomic E-state index is 0.158. The predicted molar refractivity (Wildman–Crippen MR) is 72.2 cm³/mol. The molecular formula is C13H24N4O. The quantitative estimate of drug-likeness (QED) is 0.371. The van der Waals surface area contributed by atoms with Crippen LogP contribution in [0.5, 0.6) is 0 Å². The summed E-state index contributed by atoms with van der Waals surface area (Å²) in [7, 11) is 0. The van der Waals surface area contributed by atoms with Gasteiger partial charge >= 0.3 is 0 Å². The van der Waals surface area contributed by atoms with Gasteiger partial charge in [-0.25, -0.2) is 0 Å². The van der Waals surface area contributed by atoms with Crippen molar-refractivity contribution in [1.29, 1.82) is 0 Å². The Kier molecular flexibility index (Phi) is 4.84. The lowest BCUT2D eigenvalue weighted by Crippen LogP contribution is -2.34. The smallest absolute Gasteiger partial charge is 0.220 e. The largest absolute Gasteiger partial charge is 0.370 e. The minimum Gasteiger partial charge on any atom is -0.370 e. The number of nitrogens with one attached hydrogen (secondary N) is 2. The van der Waals surface area contributed by atoms with E-state index in [9.17, 15) is 4.79 Å². The first kappa shape index (κ1) is 13.2. The minimum absolute atomic E-state index is 0.158. The van der Waals surface area contributed by atoms with Crippen molar-refractivity contribution in [2.75, 3.05) is 13.1 Å². The highest BCUT2D eigenvalue weighted by molar-refractivity contribution is 5.78. The zero-order valence-electron chi connectivity index (χ0n) is 11.0. The Hall–Kier alpha value is -1.26. The zero-order valence-corrected chi connectivity index (χ0v) is 11.0. The van der Waals surface area contributed by atoms with Crippen LogP contribution in [0, 0.1) is 5.92 Å². The summed E-state index contributed by atoms with van der Waals surface area (Å²) >= 11 is 0. The molecule has 2 fully saturated rings.